The van der Waals surface area contributed by atoms with Gasteiger partial charge in [-0.15, -0.1) is 0 Å². The Morgan fingerprint density at radius 3 is 2.50 bits per heavy atom. The first-order chi connectivity index (χ1) is 10.6. The molecule has 0 amide bonds. The first kappa shape index (κ1) is 15.4. The monoisotopic (exact) mass is 297 g/mol. The number of rotatable bonds is 5. The second-order valence-electron chi connectivity index (χ2n) is 4.48. The van der Waals surface area contributed by atoms with Crippen LogP contribution in [0, 0.1) is 10.1 Å². The van der Waals surface area contributed by atoms with Gasteiger partial charge >= 0.3 is 5.97 Å². The van der Waals surface area contributed by atoms with E-state index in [1.807, 2.05) is 24.3 Å². The highest BCUT2D eigenvalue weighted by molar-refractivity contribution is 5.89. The van der Waals surface area contributed by atoms with E-state index in [0.717, 1.165) is 16.7 Å². The molecule has 0 spiro atoms. The molecule has 0 fully saturated rings. The lowest BCUT2D eigenvalue weighted by atomic mass is 9.99. The first-order valence-electron chi connectivity index (χ1n) is 6.80. The molecule has 0 radical (unpaired) electrons. The fourth-order valence-corrected chi connectivity index (χ4v) is 2.02. The van der Waals surface area contributed by atoms with Gasteiger partial charge in [-0.25, -0.2) is 4.79 Å². The second-order valence-corrected chi connectivity index (χ2v) is 4.48. The molecule has 0 saturated heterocycles. The third-order valence-corrected chi connectivity index (χ3v) is 3.04. The Balaban J connectivity index is 2.31. The molecule has 5 heteroatoms. The van der Waals surface area contributed by atoms with Gasteiger partial charge in [-0.3, -0.25) is 10.1 Å². The van der Waals surface area contributed by atoms with Gasteiger partial charge in [0.05, 0.1) is 11.5 Å². The van der Waals surface area contributed by atoms with Crippen LogP contribution in [0.5, 0.6) is 0 Å². The van der Waals surface area contributed by atoms with Crippen molar-refractivity contribution in [3.8, 4) is 11.1 Å². The third kappa shape index (κ3) is 3.79. The van der Waals surface area contributed by atoms with Gasteiger partial charge < -0.3 is 4.74 Å². The van der Waals surface area contributed by atoms with Crippen LogP contribution in [-0.2, 0) is 9.53 Å². The molecule has 0 atom stereocenters. The summed E-state index contributed by atoms with van der Waals surface area (Å²) in [5.41, 5.74) is 2.61. The van der Waals surface area contributed by atoms with Crippen LogP contribution in [0.1, 0.15) is 12.5 Å². The zero-order chi connectivity index (χ0) is 15.9. The number of carbonyl (C=O) groups excluding carboxylic acids is 1. The molecule has 0 unspecified atom stereocenters. The van der Waals surface area contributed by atoms with Gasteiger partial charge in [-0.1, -0.05) is 24.3 Å². The molecule has 2 aromatic carbocycles. The number of nitrogens with zero attached hydrogens (tertiary/aromatic N) is 1. The first-order valence-corrected chi connectivity index (χ1v) is 6.80. The molecule has 0 saturated carbocycles. The maximum Gasteiger partial charge on any atom is 0.330 e. The Kier molecular flexibility index (Phi) is 5.03. The van der Waals surface area contributed by atoms with Crippen molar-refractivity contribution in [2.24, 2.45) is 0 Å². The summed E-state index contributed by atoms with van der Waals surface area (Å²) in [4.78, 5) is 21.7. The fourth-order valence-electron chi connectivity index (χ4n) is 2.02. The Labute approximate surface area is 128 Å². The maximum atomic E-state index is 11.4. The van der Waals surface area contributed by atoms with Gasteiger partial charge in [0.1, 0.15) is 0 Å². The summed E-state index contributed by atoms with van der Waals surface area (Å²) in [5, 5.41) is 10.7. The van der Waals surface area contributed by atoms with E-state index in [4.69, 9.17) is 4.74 Å². The highest BCUT2D eigenvalue weighted by Crippen LogP contribution is 2.26. The number of ether oxygens (including phenoxy) is 1. The molecule has 2 aromatic rings. The van der Waals surface area contributed by atoms with Crippen molar-refractivity contribution in [3.63, 3.8) is 0 Å². The zero-order valence-corrected chi connectivity index (χ0v) is 12.1. The van der Waals surface area contributed by atoms with Crippen molar-refractivity contribution in [2.75, 3.05) is 6.61 Å². The predicted octanol–water partition coefficient (Wildman–Crippen LogP) is 3.84. The topological polar surface area (TPSA) is 69.4 Å². The van der Waals surface area contributed by atoms with E-state index in [1.165, 1.54) is 18.2 Å². The Morgan fingerprint density at radius 2 is 1.86 bits per heavy atom. The van der Waals surface area contributed by atoms with E-state index in [-0.39, 0.29) is 5.69 Å². The van der Waals surface area contributed by atoms with Crippen LogP contribution in [-0.4, -0.2) is 17.5 Å². The van der Waals surface area contributed by atoms with Gasteiger partial charge in [-0.2, -0.15) is 0 Å². The van der Waals surface area contributed by atoms with Crippen molar-refractivity contribution in [2.45, 2.75) is 6.92 Å². The average molecular weight is 297 g/mol. The second kappa shape index (κ2) is 7.17. The number of non-ortho nitro benzene ring substituents is 1. The number of benzene rings is 2. The summed E-state index contributed by atoms with van der Waals surface area (Å²) in [7, 11) is 0. The van der Waals surface area contributed by atoms with E-state index in [2.05, 4.69) is 0 Å². The standard InChI is InChI=1S/C17H15NO4/c1-2-22-17(19)12-9-13-5-3-4-6-16(13)14-7-10-15(11-8-14)18(20)21/h3-12H,2H2,1H3/b12-9+. The molecule has 2 rings (SSSR count). The van der Waals surface area contributed by atoms with Crippen LogP contribution in [0.15, 0.2) is 54.6 Å². The van der Waals surface area contributed by atoms with Gasteiger partial charge in [0.15, 0.2) is 0 Å². The molecule has 0 heterocycles. The zero-order valence-electron chi connectivity index (χ0n) is 12.1. The quantitative estimate of drug-likeness (QED) is 0.364. The molecule has 0 aliphatic carbocycles. The van der Waals surface area contributed by atoms with Crippen molar-refractivity contribution >= 4 is 17.7 Å². The van der Waals surface area contributed by atoms with E-state index in [0.29, 0.717) is 6.61 Å². The lowest BCUT2D eigenvalue weighted by Crippen LogP contribution is -1.98. The molecule has 5 nitrogen and oxygen atoms in total. The number of nitro benzene ring substituents is 1. The van der Waals surface area contributed by atoms with Gasteiger partial charge in [0.2, 0.25) is 0 Å². The highest BCUT2D eigenvalue weighted by atomic mass is 16.6. The Hall–Kier alpha value is -2.95. The minimum absolute atomic E-state index is 0.0447. The summed E-state index contributed by atoms with van der Waals surface area (Å²) in [6.45, 7) is 2.07. The van der Waals surface area contributed by atoms with Crippen LogP contribution >= 0.6 is 0 Å². The maximum absolute atomic E-state index is 11.4. The van der Waals surface area contributed by atoms with Crippen molar-refractivity contribution in [3.05, 3.63) is 70.3 Å². The number of esters is 1. The van der Waals surface area contributed by atoms with Crippen LogP contribution < -0.4 is 0 Å². The number of nitro groups is 1. The van der Waals surface area contributed by atoms with E-state index >= 15 is 0 Å². The lowest BCUT2D eigenvalue weighted by molar-refractivity contribution is -0.384. The molecular weight excluding hydrogens is 282 g/mol. The molecular formula is C17H15NO4. The largest absolute Gasteiger partial charge is 0.463 e. The van der Waals surface area contributed by atoms with Crippen LogP contribution in [0.3, 0.4) is 0 Å². The third-order valence-electron chi connectivity index (χ3n) is 3.04. The summed E-state index contributed by atoms with van der Waals surface area (Å²) in [5.74, 6) is -0.402. The van der Waals surface area contributed by atoms with Gasteiger partial charge in [-0.05, 0) is 41.8 Å². The van der Waals surface area contributed by atoms with E-state index in [9.17, 15) is 14.9 Å². The predicted molar refractivity (Wildman–Crippen MR) is 84.2 cm³/mol. The van der Waals surface area contributed by atoms with Crippen molar-refractivity contribution < 1.29 is 14.5 Å². The normalized spacial score (nSPS) is 10.6. The Bertz CT molecular complexity index is 705. The molecule has 0 bridgehead atoms. The van der Waals surface area contributed by atoms with Crippen LogP contribution in [0.25, 0.3) is 17.2 Å². The minimum Gasteiger partial charge on any atom is -0.463 e. The average Bonchev–Trinajstić information content (AvgIpc) is 2.53. The summed E-state index contributed by atoms with van der Waals surface area (Å²) in [6, 6.07) is 13.8. The SMILES string of the molecule is CCOC(=O)/C=C/c1ccccc1-c1ccc([N+](=O)[O-])cc1. The molecule has 22 heavy (non-hydrogen) atoms. The Morgan fingerprint density at radius 1 is 1.18 bits per heavy atom. The van der Waals surface area contributed by atoms with E-state index < -0.39 is 10.9 Å². The van der Waals surface area contributed by atoms with E-state index in [1.54, 1.807) is 25.1 Å². The summed E-state index contributed by atoms with van der Waals surface area (Å²) >= 11 is 0. The van der Waals surface area contributed by atoms with Crippen molar-refractivity contribution in [1.82, 2.24) is 0 Å². The number of hydrogen-bond acceptors (Lipinski definition) is 4. The van der Waals surface area contributed by atoms with Crippen molar-refractivity contribution in [1.29, 1.82) is 0 Å². The summed E-state index contributed by atoms with van der Waals surface area (Å²) in [6.07, 6.45) is 3.04. The lowest BCUT2D eigenvalue weighted by Gasteiger charge is -2.06. The fraction of sp³-hybridized carbons (Fsp3) is 0.118. The van der Waals surface area contributed by atoms with Crippen LogP contribution in [0.4, 0.5) is 5.69 Å². The molecule has 112 valence electrons. The molecule has 0 aliphatic heterocycles. The smallest absolute Gasteiger partial charge is 0.330 e. The molecule has 0 aliphatic rings. The van der Waals surface area contributed by atoms with Gasteiger partial charge in [0, 0.05) is 18.2 Å². The molecule has 0 aromatic heterocycles. The van der Waals surface area contributed by atoms with Crippen LogP contribution in [0.2, 0.25) is 0 Å². The number of carbonyl (C=O) groups is 1. The number of hydrogen-bond donors (Lipinski definition) is 0. The van der Waals surface area contributed by atoms with Gasteiger partial charge in [0.25, 0.3) is 5.69 Å². The highest BCUT2D eigenvalue weighted by Gasteiger charge is 2.07. The summed E-state index contributed by atoms with van der Waals surface area (Å²) < 4.78 is 4.85. The minimum atomic E-state index is -0.434. The molecule has 0 N–H and O–H groups in total.